The molecule has 1 heterocycles. The summed E-state index contributed by atoms with van der Waals surface area (Å²) in [4.78, 5) is 12.4. The van der Waals surface area contributed by atoms with E-state index in [0.29, 0.717) is 25.9 Å². The molecule has 0 saturated carbocycles. The van der Waals surface area contributed by atoms with Crippen molar-refractivity contribution in [3.05, 3.63) is 28.2 Å². The number of amides is 1. The number of piperidine rings is 1. The fourth-order valence-corrected chi connectivity index (χ4v) is 2.92. The van der Waals surface area contributed by atoms with Crippen molar-refractivity contribution in [2.24, 2.45) is 0 Å². The first-order valence-electron chi connectivity index (χ1n) is 6.72. The lowest BCUT2D eigenvalue weighted by Gasteiger charge is -2.34. The minimum Gasteiger partial charge on any atom is -0.368 e. The van der Waals surface area contributed by atoms with E-state index in [1.54, 1.807) is 0 Å². The minimum atomic E-state index is -4.48. The van der Waals surface area contributed by atoms with Crippen molar-refractivity contribution < 1.29 is 22.7 Å². The first kappa shape index (κ1) is 20.2. The van der Waals surface area contributed by atoms with E-state index in [1.165, 1.54) is 13.2 Å². The van der Waals surface area contributed by atoms with Crippen LogP contribution in [0.25, 0.3) is 0 Å². The van der Waals surface area contributed by atoms with Crippen LogP contribution in [0.4, 0.5) is 18.9 Å². The molecule has 2 rings (SSSR count). The summed E-state index contributed by atoms with van der Waals surface area (Å²) in [6, 6.07) is 3.30. The Kier molecular flexibility index (Phi) is 6.88. The van der Waals surface area contributed by atoms with Crippen LogP contribution in [0, 0.1) is 0 Å². The monoisotopic (exact) mass is 416 g/mol. The number of hydrogen-bond donors (Lipinski definition) is 2. The standard InChI is InChI=1S/C14H16BrF3N2O2.ClH/c1-22-13(2-4-19-5-3-13)12(21)20-11-7-9(14(16,17)18)6-10(15)8-11;/h6-8,19H,2-5H2,1H3,(H,20,21);1H. The minimum absolute atomic E-state index is 0. The second kappa shape index (κ2) is 7.83. The lowest BCUT2D eigenvalue weighted by molar-refractivity contribution is -0.141. The molecule has 23 heavy (non-hydrogen) atoms. The highest BCUT2D eigenvalue weighted by atomic mass is 79.9. The van der Waals surface area contributed by atoms with Gasteiger partial charge in [0, 0.05) is 17.3 Å². The highest BCUT2D eigenvalue weighted by molar-refractivity contribution is 9.10. The van der Waals surface area contributed by atoms with Crippen molar-refractivity contribution >= 4 is 39.9 Å². The molecule has 1 aromatic rings. The molecule has 0 unspecified atom stereocenters. The summed E-state index contributed by atoms with van der Waals surface area (Å²) in [5.74, 6) is -0.428. The molecule has 0 atom stereocenters. The molecule has 0 radical (unpaired) electrons. The molecule has 0 spiro atoms. The normalized spacial score (nSPS) is 17.3. The maximum absolute atomic E-state index is 12.8. The molecule has 4 nitrogen and oxygen atoms in total. The van der Waals surface area contributed by atoms with E-state index in [0.717, 1.165) is 12.1 Å². The lowest BCUT2D eigenvalue weighted by atomic mass is 9.91. The molecule has 1 aromatic carbocycles. The Labute approximate surface area is 146 Å². The van der Waals surface area contributed by atoms with Crippen LogP contribution in [0.5, 0.6) is 0 Å². The average molecular weight is 418 g/mol. The van der Waals surface area contributed by atoms with E-state index >= 15 is 0 Å². The largest absolute Gasteiger partial charge is 0.416 e. The predicted octanol–water partition coefficient (Wildman–Crippen LogP) is 3.60. The first-order valence-corrected chi connectivity index (χ1v) is 7.51. The topological polar surface area (TPSA) is 50.4 Å². The molecule has 2 N–H and O–H groups in total. The Balaban J connectivity index is 0.00000264. The van der Waals surface area contributed by atoms with Gasteiger partial charge in [-0.25, -0.2) is 0 Å². The molecule has 1 aliphatic heterocycles. The van der Waals surface area contributed by atoms with E-state index in [-0.39, 0.29) is 22.6 Å². The molecule has 1 saturated heterocycles. The van der Waals surface area contributed by atoms with Crippen molar-refractivity contribution in [2.45, 2.75) is 24.6 Å². The van der Waals surface area contributed by atoms with Crippen LogP contribution in [0.15, 0.2) is 22.7 Å². The fourth-order valence-electron chi connectivity index (χ4n) is 2.42. The third-order valence-corrected chi connectivity index (χ3v) is 4.16. The molecule has 0 aromatic heterocycles. The van der Waals surface area contributed by atoms with Crippen LogP contribution in [0.1, 0.15) is 18.4 Å². The van der Waals surface area contributed by atoms with Gasteiger partial charge in [-0.2, -0.15) is 13.2 Å². The van der Waals surface area contributed by atoms with Gasteiger partial charge in [-0.1, -0.05) is 15.9 Å². The zero-order valence-corrected chi connectivity index (χ0v) is 14.7. The van der Waals surface area contributed by atoms with Crippen molar-refractivity contribution in [1.29, 1.82) is 0 Å². The van der Waals surface area contributed by atoms with Crippen molar-refractivity contribution in [3.63, 3.8) is 0 Å². The van der Waals surface area contributed by atoms with Gasteiger partial charge in [-0.3, -0.25) is 4.79 Å². The average Bonchev–Trinajstić information content (AvgIpc) is 2.46. The number of ether oxygens (including phenoxy) is 1. The second-order valence-corrected chi connectivity index (χ2v) is 6.04. The van der Waals surface area contributed by atoms with E-state index < -0.39 is 23.2 Å². The SMILES string of the molecule is COC1(C(=O)Nc2cc(Br)cc(C(F)(F)F)c2)CCNCC1.Cl. The number of halogens is 5. The van der Waals surface area contributed by atoms with Crippen LogP contribution >= 0.6 is 28.3 Å². The van der Waals surface area contributed by atoms with E-state index in [9.17, 15) is 18.0 Å². The summed E-state index contributed by atoms with van der Waals surface area (Å²) < 4.78 is 44.0. The van der Waals surface area contributed by atoms with Gasteiger partial charge >= 0.3 is 6.18 Å². The second-order valence-electron chi connectivity index (χ2n) is 5.13. The van der Waals surface area contributed by atoms with E-state index in [4.69, 9.17) is 4.74 Å². The molecule has 1 amide bonds. The van der Waals surface area contributed by atoms with Crippen LogP contribution in [-0.4, -0.2) is 31.7 Å². The van der Waals surface area contributed by atoms with Gasteiger partial charge in [0.1, 0.15) is 5.60 Å². The Morgan fingerprint density at radius 3 is 2.43 bits per heavy atom. The summed E-state index contributed by atoms with van der Waals surface area (Å²) in [5, 5.41) is 5.65. The van der Waals surface area contributed by atoms with Gasteiger partial charge in [-0.05, 0) is 44.1 Å². The Morgan fingerprint density at radius 2 is 1.91 bits per heavy atom. The molecule has 0 aliphatic carbocycles. The molecule has 1 fully saturated rings. The smallest absolute Gasteiger partial charge is 0.368 e. The molecule has 130 valence electrons. The maximum Gasteiger partial charge on any atom is 0.416 e. The third kappa shape index (κ3) is 4.82. The summed E-state index contributed by atoms with van der Waals surface area (Å²) in [6.07, 6.45) is -3.54. The quantitative estimate of drug-likeness (QED) is 0.790. The Bertz CT molecular complexity index is 563. The maximum atomic E-state index is 12.8. The van der Waals surface area contributed by atoms with Gasteiger partial charge in [0.25, 0.3) is 5.91 Å². The van der Waals surface area contributed by atoms with Gasteiger partial charge in [0.05, 0.1) is 5.56 Å². The van der Waals surface area contributed by atoms with Crippen LogP contribution in [0.2, 0.25) is 0 Å². The number of methoxy groups -OCH3 is 1. The van der Waals surface area contributed by atoms with Crippen molar-refractivity contribution in [2.75, 3.05) is 25.5 Å². The Morgan fingerprint density at radius 1 is 1.30 bits per heavy atom. The zero-order valence-electron chi connectivity index (χ0n) is 12.3. The molecular weight excluding hydrogens is 401 g/mol. The summed E-state index contributed by atoms with van der Waals surface area (Å²) >= 11 is 3.03. The van der Waals surface area contributed by atoms with Gasteiger partial charge < -0.3 is 15.4 Å². The predicted molar refractivity (Wildman–Crippen MR) is 86.9 cm³/mol. The number of carbonyl (C=O) groups is 1. The molecule has 1 aliphatic rings. The van der Waals surface area contributed by atoms with Gasteiger partial charge in [0.2, 0.25) is 0 Å². The first-order chi connectivity index (χ1) is 10.3. The van der Waals surface area contributed by atoms with E-state index in [2.05, 4.69) is 26.6 Å². The van der Waals surface area contributed by atoms with E-state index in [1.807, 2.05) is 0 Å². The number of hydrogen-bond acceptors (Lipinski definition) is 3. The highest BCUT2D eigenvalue weighted by Crippen LogP contribution is 2.34. The van der Waals surface area contributed by atoms with Crippen molar-refractivity contribution in [1.82, 2.24) is 5.32 Å². The van der Waals surface area contributed by atoms with Crippen molar-refractivity contribution in [3.8, 4) is 0 Å². The van der Waals surface area contributed by atoms with Gasteiger partial charge in [-0.15, -0.1) is 12.4 Å². The highest BCUT2D eigenvalue weighted by Gasteiger charge is 2.40. The summed E-state index contributed by atoms with van der Waals surface area (Å²) in [7, 11) is 1.44. The number of carbonyl (C=O) groups excluding carboxylic acids is 1. The molecular formula is C14H17BrClF3N2O2. The lowest BCUT2D eigenvalue weighted by Crippen LogP contribution is -2.51. The van der Waals surface area contributed by atoms with Crippen LogP contribution < -0.4 is 10.6 Å². The fraction of sp³-hybridized carbons (Fsp3) is 0.500. The molecule has 9 heteroatoms. The third-order valence-electron chi connectivity index (χ3n) is 3.70. The zero-order chi connectivity index (χ0) is 16.4. The number of benzene rings is 1. The number of alkyl halides is 3. The Hall–Kier alpha value is -0.830. The number of rotatable bonds is 3. The number of anilines is 1. The summed E-state index contributed by atoms with van der Waals surface area (Å²) in [6.45, 7) is 1.24. The summed E-state index contributed by atoms with van der Waals surface area (Å²) in [5.41, 5.74) is -1.75. The van der Waals surface area contributed by atoms with Crippen LogP contribution in [-0.2, 0) is 15.7 Å². The van der Waals surface area contributed by atoms with Crippen LogP contribution in [0.3, 0.4) is 0 Å². The number of nitrogens with one attached hydrogen (secondary N) is 2. The molecule has 0 bridgehead atoms. The van der Waals surface area contributed by atoms with Gasteiger partial charge in [0.15, 0.2) is 0 Å².